The van der Waals surface area contributed by atoms with Crippen LogP contribution in [0, 0.1) is 3.57 Å². The molecule has 0 atom stereocenters. The Morgan fingerprint density at radius 2 is 1.68 bits per heavy atom. The van der Waals surface area contributed by atoms with Crippen LogP contribution in [0.5, 0.6) is 0 Å². The van der Waals surface area contributed by atoms with Crippen LogP contribution < -0.4 is 0 Å². The number of piperazine rings is 1. The van der Waals surface area contributed by atoms with E-state index >= 15 is 0 Å². The summed E-state index contributed by atoms with van der Waals surface area (Å²) in [4.78, 5) is 21.9. The molecular weight excluding hydrogens is 505 g/mol. The van der Waals surface area contributed by atoms with Crippen LogP contribution in [-0.2, 0) is 6.54 Å². The Morgan fingerprint density at radius 3 is 2.39 bits per heavy atom. The van der Waals surface area contributed by atoms with Crippen molar-refractivity contribution in [1.82, 2.24) is 14.8 Å². The highest BCUT2D eigenvalue weighted by atomic mass is 127. The van der Waals surface area contributed by atoms with Crippen LogP contribution in [0.4, 0.5) is 0 Å². The summed E-state index contributed by atoms with van der Waals surface area (Å²) in [5.74, 6) is 0.139. The first-order valence-electron chi connectivity index (χ1n) is 8.97. The zero-order chi connectivity index (χ0) is 18.6. The van der Waals surface area contributed by atoms with Gasteiger partial charge >= 0.3 is 0 Å². The number of amides is 1. The number of rotatable bonds is 4. The molecule has 0 saturated carbocycles. The van der Waals surface area contributed by atoms with Crippen LogP contribution in [0.2, 0.25) is 0 Å². The van der Waals surface area contributed by atoms with E-state index in [0.717, 1.165) is 58.1 Å². The number of aromatic nitrogens is 1. The number of nitrogens with zero attached hydrogens (tertiary/aromatic N) is 3. The maximum atomic E-state index is 12.7. The van der Waals surface area contributed by atoms with Gasteiger partial charge in [-0.2, -0.15) is 0 Å². The molecule has 0 unspecified atom stereocenters. The molecule has 0 radical (unpaired) electrons. The lowest BCUT2D eigenvalue weighted by Crippen LogP contribution is -2.48. The molecule has 4 rings (SSSR count). The first-order valence-corrected chi connectivity index (χ1v) is 10.9. The molecule has 146 valence electrons. The van der Waals surface area contributed by atoms with E-state index in [2.05, 4.69) is 45.0 Å². The number of carbonyl (C=O) groups excluding carboxylic acids is 1. The molecule has 1 aliphatic rings. The van der Waals surface area contributed by atoms with Crippen molar-refractivity contribution in [3.8, 4) is 11.3 Å². The Hall–Kier alpha value is -1.48. The van der Waals surface area contributed by atoms with Crippen molar-refractivity contribution in [2.45, 2.75) is 6.54 Å². The zero-order valence-electron chi connectivity index (χ0n) is 15.3. The average molecular weight is 526 g/mol. The monoisotopic (exact) mass is 525 g/mol. The van der Waals surface area contributed by atoms with E-state index in [0.29, 0.717) is 0 Å². The van der Waals surface area contributed by atoms with Crippen molar-refractivity contribution in [2.75, 3.05) is 26.2 Å². The van der Waals surface area contributed by atoms with Gasteiger partial charge in [-0.1, -0.05) is 42.5 Å². The molecule has 1 aromatic heterocycles. The second-order valence-corrected chi connectivity index (χ2v) is 8.65. The molecule has 0 bridgehead atoms. The van der Waals surface area contributed by atoms with Gasteiger partial charge in [0, 0.05) is 40.7 Å². The minimum atomic E-state index is 0. The molecule has 28 heavy (non-hydrogen) atoms. The number of hydrogen-bond donors (Lipinski definition) is 0. The highest BCUT2D eigenvalue weighted by Gasteiger charge is 2.23. The van der Waals surface area contributed by atoms with Gasteiger partial charge in [0.1, 0.15) is 5.01 Å². The molecule has 0 spiro atoms. The smallest absolute Gasteiger partial charge is 0.255 e. The van der Waals surface area contributed by atoms with Crippen molar-refractivity contribution < 1.29 is 4.79 Å². The zero-order valence-corrected chi connectivity index (χ0v) is 19.0. The van der Waals surface area contributed by atoms with Crippen molar-refractivity contribution in [1.29, 1.82) is 0 Å². The summed E-state index contributed by atoms with van der Waals surface area (Å²) in [5, 5.41) is 3.26. The fraction of sp³-hybridized carbons (Fsp3) is 0.238. The van der Waals surface area contributed by atoms with Crippen molar-refractivity contribution in [3.63, 3.8) is 0 Å². The highest BCUT2D eigenvalue weighted by Crippen LogP contribution is 2.23. The average Bonchev–Trinajstić information content (AvgIpc) is 3.18. The number of hydrogen-bond acceptors (Lipinski definition) is 4. The Morgan fingerprint density at radius 1 is 1.00 bits per heavy atom. The van der Waals surface area contributed by atoms with E-state index in [4.69, 9.17) is 4.98 Å². The van der Waals surface area contributed by atoms with Gasteiger partial charge in [0.15, 0.2) is 0 Å². The normalized spacial score (nSPS) is 14.5. The molecule has 4 nitrogen and oxygen atoms in total. The second-order valence-electron chi connectivity index (χ2n) is 6.54. The van der Waals surface area contributed by atoms with Crippen LogP contribution in [0.15, 0.2) is 60.0 Å². The lowest BCUT2D eigenvalue weighted by Gasteiger charge is -2.34. The van der Waals surface area contributed by atoms with Gasteiger partial charge in [-0.3, -0.25) is 9.69 Å². The summed E-state index contributed by atoms with van der Waals surface area (Å²) in [6.07, 6.45) is 0. The fourth-order valence-corrected chi connectivity index (χ4v) is 4.69. The Kier molecular flexibility index (Phi) is 7.45. The molecule has 1 amide bonds. The van der Waals surface area contributed by atoms with Crippen molar-refractivity contribution >= 4 is 52.2 Å². The summed E-state index contributed by atoms with van der Waals surface area (Å²) < 4.78 is 1.01. The van der Waals surface area contributed by atoms with Crippen LogP contribution in [-0.4, -0.2) is 46.9 Å². The fourth-order valence-electron chi connectivity index (χ4n) is 3.23. The summed E-state index contributed by atoms with van der Waals surface area (Å²) >= 11 is 3.94. The topological polar surface area (TPSA) is 36.4 Å². The Labute approximate surface area is 189 Å². The lowest BCUT2D eigenvalue weighted by atomic mass is 10.2. The Bertz CT molecular complexity index is 926. The summed E-state index contributed by atoms with van der Waals surface area (Å²) in [7, 11) is 0. The quantitative estimate of drug-likeness (QED) is 0.460. The van der Waals surface area contributed by atoms with E-state index < -0.39 is 0 Å². The molecule has 7 heteroatoms. The van der Waals surface area contributed by atoms with Crippen LogP contribution in [0.25, 0.3) is 11.3 Å². The van der Waals surface area contributed by atoms with E-state index in [1.165, 1.54) is 0 Å². The van der Waals surface area contributed by atoms with Gasteiger partial charge in [-0.05, 0) is 34.7 Å². The highest BCUT2D eigenvalue weighted by molar-refractivity contribution is 14.1. The predicted octanol–water partition coefficient (Wildman–Crippen LogP) is 4.79. The molecule has 2 heterocycles. The summed E-state index contributed by atoms with van der Waals surface area (Å²) in [6, 6.07) is 18.1. The third-order valence-electron chi connectivity index (χ3n) is 4.74. The van der Waals surface area contributed by atoms with Gasteiger partial charge in [0.25, 0.3) is 5.91 Å². The molecule has 0 N–H and O–H groups in total. The van der Waals surface area contributed by atoms with Gasteiger partial charge in [0.2, 0.25) is 0 Å². The number of carbonyl (C=O) groups is 1. The van der Waals surface area contributed by atoms with Crippen molar-refractivity contribution in [2.24, 2.45) is 0 Å². The molecule has 1 fully saturated rings. The van der Waals surface area contributed by atoms with E-state index in [1.54, 1.807) is 11.3 Å². The molecular formula is C21H21ClIN3OS. The first kappa shape index (κ1) is 21.2. The van der Waals surface area contributed by atoms with E-state index in [1.807, 2.05) is 47.4 Å². The number of benzene rings is 2. The lowest BCUT2D eigenvalue weighted by molar-refractivity contribution is 0.0627. The maximum absolute atomic E-state index is 12.7. The maximum Gasteiger partial charge on any atom is 0.255 e. The molecule has 2 aromatic carbocycles. The van der Waals surface area contributed by atoms with Gasteiger partial charge in [-0.15, -0.1) is 23.7 Å². The number of thiazole rings is 1. The van der Waals surface area contributed by atoms with E-state index in [-0.39, 0.29) is 18.3 Å². The largest absolute Gasteiger partial charge is 0.336 e. The standard InChI is InChI=1S/C21H20IN3OS.ClH/c22-18-9-5-4-8-17(18)21(26)25-12-10-24(11-13-25)14-20-23-19(15-27-20)16-6-2-1-3-7-16;/h1-9,15H,10-14H2;1H. The third kappa shape index (κ3) is 4.92. The molecule has 1 saturated heterocycles. The molecule has 1 aliphatic heterocycles. The Balaban J connectivity index is 0.00000225. The van der Waals surface area contributed by atoms with Crippen LogP contribution in [0.1, 0.15) is 15.4 Å². The minimum absolute atomic E-state index is 0. The second kappa shape index (κ2) is 9.82. The SMILES string of the molecule is Cl.O=C(c1ccccc1I)N1CCN(Cc2nc(-c3ccccc3)cs2)CC1. The van der Waals surface area contributed by atoms with Crippen LogP contribution in [0.3, 0.4) is 0 Å². The molecule has 0 aliphatic carbocycles. The minimum Gasteiger partial charge on any atom is -0.336 e. The van der Waals surface area contributed by atoms with E-state index in [9.17, 15) is 4.79 Å². The van der Waals surface area contributed by atoms with Gasteiger partial charge in [0.05, 0.1) is 17.8 Å². The predicted molar refractivity (Wildman–Crippen MR) is 125 cm³/mol. The summed E-state index contributed by atoms with van der Waals surface area (Å²) in [6.45, 7) is 4.15. The molecule has 3 aromatic rings. The third-order valence-corrected chi connectivity index (χ3v) is 6.52. The van der Waals surface area contributed by atoms with Gasteiger partial charge in [-0.25, -0.2) is 4.98 Å². The van der Waals surface area contributed by atoms with Gasteiger partial charge < -0.3 is 4.90 Å². The van der Waals surface area contributed by atoms with Crippen molar-refractivity contribution in [3.05, 3.63) is 74.1 Å². The van der Waals surface area contributed by atoms with Crippen LogP contribution >= 0.6 is 46.3 Å². The first-order chi connectivity index (χ1) is 13.2. The number of halogens is 2. The summed E-state index contributed by atoms with van der Waals surface area (Å²) in [5.41, 5.74) is 3.01.